The lowest BCUT2D eigenvalue weighted by Crippen LogP contribution is -2.46. The van der Waals surface area contributed by atoms with Gasteiger partial charge in [-0.05, 0) is 24.7 Å². The second kappa shape index (κ2) is 4.58. The van der Waals surface area contributed by atoms with Crippen LogP contribution < -0.4 is 5.19 Å². The zero-order valence-corrected chi connectivity index (χ0v) is 10.2. The molecular formula is C12H18OSi. The van der Waals surface area contributed by atoms with Crippen LogP contribution in [0.5, 0.6) is 0 Å². The topological polar surface area (TPSA) is 9.23 Å². The summed E-state index contributed by atoms with van der Waals surface area (Å²) in [6, 6.07) is 11.5. The van der Waals surface area contributed by atoms with E-state index >= 15 is 0 Å². The van der Waals surface area contributed by atoms with Gasteiger partial charge in [0.2, 0.25) is 8.32 Å². The zero-order valence-electron chi connectivity index (χ0n) is 9.21. The molecule has 1 nitrogen and oxygen atoms in total. The lowest BCUT2D eigenvalue weighted by molar-refractivity contribution is 0.412. The Morgan fingerprint density at radius 2 is 1.93 bits per heavy atom. The summed E-state index contributed by atoms with van der Waals surface area (Å²) in [7, 11) is 0.0456. The van der Waals surface area contributed by atoms with Crippen LogP contribution in [0.25, 0.3) is 0 Å². The van der Waals surface area contributed by atoms with Crippen LogP contribution in [-0.4, -0.2) is 15.4 Å². The fourth-order valence-electron chi connectivity index (χ4n) is 1.66. The molecule has 2 heteroatoms. The minimum atomic E-state index is -1.76. The standard InChI is InChI=1S/C12H18OSi/c1-11(2)10-14(4,13-3)12-8-6-5-7-9-12/h5-9H,1,10H2,2-4H3. The molecule has 1 rings (SSSR count). The summed E-state index contributed by atoms with van der Waals surface area (Å²) in [5.41, 5.74) is 1.20. The first-order chi connectivity index (χ1) is 6.58. The highest BCUT2D eigenvalue weighted by atomic mass is 28.4. The molecule has 0 N–H and O–H groups in total. The van der Waals surface area contributed by atoms with Crippen LogP contribution in [0, 0.1) is 0 Å². The van der Waals surface area contributed by atoms with Gasteiger partial charge in [0.1, 0.15) is 0 Å². The monoisotopic (exact) mass is 206 g/mol. The van der Waals surface area contributed by atoms with Crippen molar-refractivity contribution in [3.63, 3.8) is 0 Å². The first-order valence-electron chi connectivity index (χ1n) is 4.83. The van der Waals surface area contributed by atoms with Crippen LogP contribution in [0.3, 0.4) is 0 Å². The van der Waals surface area contributed by atoms with Crippen molar-refractivity contribution in [1.82, 2.24) is 0 Å². The van der Waals surface area contributed by atoms with Crippen LogP contribution in [0.15, 0.2) is 42.5 Å². The molecule has 1 atom stereocenters. The first kappa shape index (κ1) is 11.2. The highest BCUT2D eigenvalue weighted by molar-refractivity contribution is 6.85. The fraction of sp³-hybridized carbons (Fsp3) is 0.333. The van der Waals surface area contributed by atoms with Gasteiger partial charge < -0.3 is 4.43 Å². The maximum atomic E-state index is 5.71. The van der Waals surface area contributed by atoms with E-state index in [2.05, 4.69) is 44.3 Å². The third-order valence-electron chi connectivity index (χ3n) is 2.47. The molecule has 0 fully saturated rings. The molecule has 0 spiro atoms. The predicted molar refractivity (Wildman–Crippen MR) is 64.3 cm³/mol. The third-order valence-corrected chi connectivity index (χ3v) is 6.21. The molecule has 0 heterocycles. The van der Waals surface area contributed by atoms with E-state index in [4.69, 9.17) is 4.43 Å². The molecule has 0 bridgehead atoms. The van der Waals surface area contributed by atoms with Gasteiger partial charge in [-0.2, -0.15) is 0 Å². The summed E-state index contributed by atoms with van der Waals surface area (Å²) in [5, 5.41) is 1.34. The Labute approximate surface area is 87.5 Å². The van der Waals surface area contributed by atoms with Crippen LogP contribution >= 0.6 is 0 Å². The van der Waals surface area contributed by atoms with E-state index in [0.717, 1.165) is 6.04 Å². The summed E-state index contributed by atoms with van der Waals surface area (Å²) in [5.74, 6) is 0. The van der Waals surface area contributed by atoms with E-state index in [-0.39, 0.29) is 0 Å². The van der Waals surface area contributed by atoms with E-state index in [1.165, 1.54) is 10.8 Å². The van der Waals surface area contributed by atoms with Gasteiger partial charge in [-0.3, -0.25) is 0 Å². The number of hydrogen-bond acceptors (Lipinski definition) is 1. The molecule has 76 valence electrons. The summed E-state index contributed by atoms with van der Waals surface area (Å²) in [6.07, 6.45) is 0. The molecule has 0 saturated carbocycles. The number of benzene rings is 1. The molecule has 0 saturated heterocycles. The molecule has 1 unspecified atom stereocenters. The fourth-order valence-corrected chi connectivity index (χ4v) is 4.29. The zero-order chi connectivity index (χ0) is 10.6. The van der Waals surface area contributed by atoms with Crippen LogP contribution in [0.1, 0.15) is 6.92 Å². The van der Waals surface area contributed by atoms with Gasteiger partial charge in [-0.15, -0.1) is 6.58 Å². The molecule has 0 aliphatic carbocycles. The van der Waals surface area contributed by atoms with Crippen molar-refractivity contribution in [3.8, 4) is 0 Å². The van der Waals surface area contributed by atoms with Crippen molar-refractivity contribution in [1.29, 1.82) is 0 Å². The van der Waals surface area contributed by atoms with Crippen molar-refractivity contribution in [3.05, 3.63) is 42.5 Å². The van der Waals surface area contributed by atoms with Crippen molar-refractivity contribution < 1.29 is 4.43 Å². The maximum Gasteiger partial charge on any atom is 0.224 e. The Hall–Kier alpha value is -0.863. The Morgan fingerprint density at radius 1 is 1.36 bits per heavy atom. The van der Waals surface area contributed by atoms with E-state index in [0.29, 0.717) is 0 Å². The van der Waals surface area contributed by atoms with Gasteiger partial charge in [0.05, 0.1) is 0 Å². The minimum Gasteiger partial charge on any atom is -0.415 e. The van der Waals surface area contributed by atoms with Crippen molar-refractivity contribution in [2.75, 3.05) is 7.11 Å². The molecule has 0 aliphatic rings. The SMILES string of the molecule is C=C(C)C[Si](C)(OC)c1ccccc1. The predicted octanol–water partition coefficient (Wildman–Crippen LogP) is 2.69. The van der Waals surface area contributed by atoms with Gasteiger partial charge >= 0.3 is 0 Å². The number of hydrogen-bond donors (Lipinski definition) is 0. The molecule has 0 aliphatic heterocycles. The second-order valence-corrected chi connectivity index (χ2v) is 7.74. The lowest BCUT2D eigenvalue weighted by atomic mass is 10.4. The molecule has 0 amide bonds. The molecule has 0 radical (unpaired) electrons. The summed E-state index contributed by atoms with van der Waals surface area (Å²) in [4.78, 5) is 0. The smallest absolute Gasteiger partial charge is 0.224 e. The maximum absolute atomic E-state index is 5.71. The summed E-state index contributed by atoms with van der Waals surface area (Å²) in [6.45, 7) is 8.26. The largest absolute Gasteiger partial charge is 0.415 e. The van der Waals surface area contributed by atoms with Gasteiger partial charge in [0.25, 0.3) is 0 Å². The Balaban J connectivity index is 2.95. The van der Waals surface area contributed by atoms with E-state index in [1.807, 2.05) is 13.2 Å². The normalized spacial score (nSPS) is 14.8. The highest BCUT2D eigenvalue weighted by Gasteiger charge is 2.29. The first-order valence-corrected chi connectivity index (χ1v) is 7.45. The average Bonchev–Trinajstić information content (AvgIpc) is 2.18. The molecule has 0 aromatic heterocycles. The number of allylic oxidation sites excluding steroid dienone is 1. The Bertz CT molecular complexity index is 307. The van der Waals surface area contributed by atoms with Crippen LogP contribution in [0.2, 0.25) is 12.6 Å². The second-order valence-electron chi connectivity index (χ2n) is 3.93. The summed E-state index contributed by atoms with van der Waals surface area (Å²) < 4.78 is 5.71. The quantitative estimate of drug-likeness (QED) is 0.543. The van der Waals surface area contributed by atoms with Crippen molar-refractivity contribution >= 4 is 13.5 Å². The third kappa shape index (κ3) is 2.56. The van der Waals surface area contributed by atoms with Crippen LogP contribution in [0.4, 0.5) is 0 Å². The molecule has 1 aromatic rings. The van der Waals surface area contributed by atoms with E-state index in [9.17, 15) is 0 Å². The van der Waals surface area contributed by atoms with E-state index < -0.39 is 8.32 Å². The molecular weight excluding hydrogens is 188 g/mol. The highest BCUT2D eigenvalue weighted by Crippen LogP contribution is 2.15. The Kier molecular flexibility index (Phi) is 3.67. The van der Waals surface area contributed by atoms with Crippen LogP contribution in [-0.2, 0) is 4.43 Å². The van der Waals surface area contributed by atoms with E-state index in [1.54, 1.807) is 0 Å². The van der Waals surface area contributed by atoms with Gasteiger partial charge in [0, 0.05) is 7.11 Å². The average molecular weight is 206 g/mol. The molecule has 14 heavy (non-hydrogen) atoms. The minimum absolute atomic E-state index is 0.994. The Morgan fingerprint density at radius 3 is 2.36 bits per heavy atom. The van der Waals surface area contributed by atoms with Gasteiger partial charge in [0.15, 0.2) is 0 Å². The summed E-state index contributed by atoms with van der Waals surface area (Å²) >= 11 is 0. The van der Waals surface area contributed by atoms with Crippen molar-refractivity contribution in [2.45, 2.75) is 19.5 Å². The lowest BCUT2D eigenvalue weighted by Gasteiger charge is -2.25. The molecule has 1 aromatic carbocycles. The van der Waals surface area contributed by atoms with Gasteiger partial charge in [-0.1, -0.05) is 35.9 Å². The van der Waals surface area contributed by atoms with Gasteiger partial charge in [-0.25, -0.2) is 0 Å². The van der Waals surface area contributed by atoms with Crippen molar-refractivity contribution in [2.24, 2.45) is 0 Å². The number of rotatable bonds is 4.